The number of carbonyl (C=O) groups excluding carboxylic acids is 1. The molecule has 4 atom stereocenters. The van der Waals surface area contributed by atoms with Gasteiger partial charge in [0, 0.05) is 23.3 Å². The van der Waals surface area contributed by atoms with E-state index in [1.165, 1.54) is 30.8 Å². The van der Waals surface area contributed by atoms with Crippen molar-refractivity contribution in [3.63, 3.8) is 0 Å². The van der Waals surface area contributed by atoms with Crippen LogP contribution in [-0.4, -0.2) is 33.6 Å². The molecule has 1 aromatic heterocycles. The van der Waals surface area contributed by atoms with Gasteiger partial charge >= 0.3 is 0 Å². The van der Waals surface area contributed by atoms with Crippen molar-refractivity contribution in [3.8, 4) is 17.1 Å². The van der Waals surface area contributed by atoms with Gasteiger partial charge in [0.1, 0.15) is 10.8 Å². The van der Waals surface area contributed by atoms with E-state index in [-0.39, 0.29) is 29.7 Å². The Bertz CT molecular complexity index is 1330. The number of nitrogens with one attached hydrogen (secondary N) is 1. The number of ether oxygens (including phenoxy) is 1. The Morgan fingerprint density at radius 3 is 2.60 bits per heavy atom. The van der Waals surface area contributed by atoms with E-state index in [0.29, 0.717) is 12.3 Å². The summed E-state index contributed by atoms with van der Waals surface area (Å²) in [5.74, 6) is 2.73. The van der Waals surface area contributed by atoms with Crippen molar-refractivity contribution in [3.05, 3.63) is 64.2 Å². The molecule has 3 aliphatic rings. The van der Waals surface area contributed by atoms with Gasteiger partial charge < -0.3 is 15.2 Å². The summed E-state index contributed by atoms with van der Waals surface area (Å²) < 4.78 is 10.1. The van der Waals surface area contributed by atoms with Gasteiger partial charge in [-0.15, -0.1) is 0 Å². The molecule has 6 rings (SSSR count). The number of hydrogen-bond donors (Lipinski definition) is 2. The lowest BCUT2D eigenvalue weighted by atomic mass is 9.72. The Kier molecular flexibility index (Phi) is 8.22. The molecule has 0 radical (unpaired) electrons. The third-order valence-corrected chi connectivity index (χ3v) is 10.2. The Morgan fingerprint density at radius 2 is 1.88 bits per heavy atom. The molecule has 3 aliphatic carbocycles. The van der Waals surface area contributed by atoms with E-state index in [2.05, 4.69) is 53.0 Å². The van der Waals surface area contributed by atoms with Crippen LogP contribution >= 0.6 is 11.5 Å². The van der Waals surface area contributed by atoms with Crippen LogP contribution in [0, 0.1) is 18.8 Å². The zero-order valence-corrected chi connectivity index (χ0v) is 24.5. The molecule has 3 aromatic rings. The lowest BCUT2D eigenvalue weighted by Crippen LogP contribution is -2.41. The first-order valence-corrected chi connectivity index (χ1v) is 15.8. The fourth-order valence-electron chi connectivity index (χ4n) is 6.83. The number of aliphatic hydroxyl groups is 1. The highest BCUT2D eigenvalue weighted by atomic mass is 32.1. The lowest BCUT2D eigenvalue weighted by molar-refractivity contribution is -0.127. The first-order valence-electron chi connectivity index (χ1n) is 15.1. The van der Waals surface area contributed by atoms with E-state index in [1.54, 1.807) is 7.11 Å². The number of carbonyl (C=O) groups is 1. The van der Waals surface area contributed by atoms with Crippen LogP contribution in [0.5, 0.6) is 5.75 Å². The number of hydrogen-bond acceptors (Lipinski definition) is 6. The largest absolute Gasteiger partial charge is 0.496 e. The summed E-state index contributed by atoms with van der Waals surface area (Å²) in [4.78, 5) is 18.4. The van der Waals surface area contributed by atoms with Crippen LogP contribution in [0.3, 0.4) is 0 Å². The van der Waals surface area contributed by atoms with Crippen molar-refractivity contribution in [2.24, 2.45) is 11.8 Å². The maximum absolute atomic E-state index is 13.5. The second kappa shape index (κ2) is 12.0. The normalized spacial score (nSPS) is 24.4. The van der Waals surface area contributed by atoms with E-state index in [1.807, 2.05) is 6.07 Å². The average molecular weight is 560 g/mol. The van der Waals surface area contributed by atoms with E-state index in [0.717, 1.165) is 77.4 Å². The summed E-state index contributed by atoms with van der Waals surface area (Å²) >= 11 is 1.52. The van der Waals surface area contributed by atoms with Crippen LogP contribution in [0.25, 0.3) is 11.4 Å². The van der Waals surface area contributed by atoms with Crippen LogP contribution in [-0.2, 0) is 4.79 Å². The zero-order valence-electron chi connectivity index (χ0n) is 23.6. The molecule has 2 N–H and O–H groups in total. The number of nitrogens with zero attached hydrogens (tertiary/aromatic N) is 2. The van der Waals surface area contributed by atoms with Crippen molar-refractivity contribution < 1.29 is 14.6 Å². The van der Waals surface area contributed by atoms with Crippen molar-refractivity contribution in [2.45, 2.75) is 95.1 Å². The molecular formula is C33H41N3O3S. The van der Waals surface area contributed by atoms with E-state index >= 15 is 0 Å². The van der Waals surface area contributed by atoms with Crippen LogP contribution in [0.4, 0.5) is 0 Å². The molecule has 2 aromatic carbocycles. The van der Waals surface area contributed by atoms with Gasteiger partial charge in [0.25, 0.3) is 0 Å². The monoisotopic (exact) mass is 559 g/mol. The van der Waals surface area contributed by atoms with Gasteiger partial charge in [0.05, 0.1) is 19.3 Å². The van der Waals surface area contributed by atoms with Crippen LogP contribution in [0.15, 0.2) is 42.5 Å². The Morgan fingerprint density at radius 1 is 1.05 bits per heavy atom. The molecule has 1 amide bonds. The highest BCUT2D eigenvalue weighted by Crippen LogP contribution is 2.44. The molecule has 6 nitrogen and oxygen atoms in total. The molecule has 0 bridgehead atoms. The molecule has 1 heterocycles. The Hall–Kier alpha value is -2.77. The van der Waals surface area contributed by atoms with Gasteiger partial charge in [0.2, 0.25) is 5.91 Å². The molecule has 212 valence electrons. The van der Waals surface area contributed by atoms with Gasteiger partial charge in [-0.05, 0) is 98.1 Å². The van der Waals surface area contributed by atoms with Crippen molar-refractivity contribution in [2.75, 3.05) is 7.11 Å². The van der Waals surface area contributed by atoms with Crippen molar-refractivity contribution in [1.82, 2.24) is 14.7 Å². The topological polar surface area (TPSA) is 84.3 Å². The second-order valence-electron chi connectivity index (χ2n) is 12.2. The maximum Gasteiger partial charge on any atom is 0.223 e. The predicted molar refractivity (Wildman–Crippen MR) is 159 cm³/mol. The number of aryl methyl sites for hydroxylation is 1. The van der Waals surface area contributed by atoms with Crippen LogP contribution < -0.4 is 10.1 Å². The van der Waals surface area contributed by atoms with Crippen LogP contribution in [0.1, 0.15) is 104 Å². The van der Waals surface area contributed by atoms with E-state index < -0.39 is 6.10 Å². The van der Waals surface area contributed by atoms with Gasteiger partial charge in [-0.1, -0.05) is 49.6 Å². The summed E-state index contributed by atoms with van der Waals surface area (Å²) in [7, 11) is 1.69. The number of aromatic nitrogens is 2. The molecular weight excluding hydrogens is 518 g/mol. The predicted octanol–water partition coefficient (Wildman–Crippen LogP) is 7.08. The quantitative estimate of drug-likeness (QED) is 0.308. The fourth-order valence-corrected chi connectivity index (χ4v) is 7.67. The molecule has 4 unspecified atom stereocenters. The van der Waals surface area contributed by atoms with Crippen LogP contribution in [0.2, 0.25) is 0 Å². The summed E-state index contributed by atoms with van der Waals surface area (Å²) in [6.07, 6.45) is 9.84. The molecule has 3 fully saturated rings. The summed E-state index contributed by atoms with van der Waals surface area (Å²) in [5, 5.41) is 16.0. The molecule has 7 heteroatoms. The summed E-state index contributed by atoms with van der Waals surface area (Å²) in [6.45, 7) is 2.05. The summed E-state index contributed by atoms with van der Waals surface area (Å²) in [5.41, 5.74) is 4.33. The molecule has 0 aliphatic heterocycles. The second-order valence-corrected chi connectivity index (χ2v) is 12.9. The maximum atomic E-state index is 13.5. The fraction of sp³-hybridized carbons (Fsp3) is 0.545. The van der Waals surface area contributed by atoms with Crippen molar-refractivity contribution >= 4 is 17.4 Å². The highest BCUT2D eigenvalue weighted by molar-refractivity contribution is 7.05. The SMILES string of the molecule is COc1ccc(C2CCC(C(NC(=O)C3CCCCC3)c3cccc(-c4nsc(C5CC5)n4)c3)CC2O)cc1C. The summed E-state index contributed by atoms with van der Waals surface area (Å²) in [6, 6.07) is 14.5. The highest BCUT2D eigenvalue weighted by Gasteiger charge is 2.37. The third kappa shape index (κ3) is 5.96. The molecule has 40 heavy (non-hydrogen) atoms. The zero-order chi connectivity index (χ0) is 27.6. The third-order valence-electron chi connectivity index (χ3n) is 9.32. The number of rotatable bonds is 8. The Labute approximate surface area is 241 Å². The van der Waals surface area contributed by atoms with Crippen molar-refractivity contribution in [1.29, 1.82) is 0 Å². The number of benzene rings is 2. The molecule has 0 saturated heterocycles. The van der Waals surface area contributed by atoms with Gasteiger partial charge in [-0.25, -0.2) is 4.98 Å². The number of methoxy groups -OCH3 is 1. The van der Waals surface area contributed by atoms with E-state index in [9.17, 15) is 9.90 Å². The first kappa shape index (κ1) is 27.4. The van der Waals surface area contributed by atoms with E-state index in [4.69, 9.17) is 9.72 Å². The first-order chi connectivity index (χ1) is 19.5. The molecule has 0 spiro atoms. The number of aliphatic hydroxyl groups excluding tert-OH is 1. The minimum absolute atomic E-state index is 0.0851. The van der Waals surface area contributed by atoms with Gasteiger partial charge in [0.15, 0.2) is 5.82 Å². The Balaban J connectivity index is 1.24. The average Bonchev–Trinajstić information content (AvgIpc) is 3.72. The standard InChI is InChI=1S/C33H41N3O3S/c1-20-17-23(14-16-29(20)39-2)27-15-13-25(19-28(27)37)30(34-32(38)21-7-4-3-5-8-21)24-9-6-10-26(18-24)31-35-33(40-36-31)22-11-12-22/h6,9-10,14,16-18,21-22,25,27-28,30,37H,3-5,7-8,11-13,15,19H2,1-2H3,(H,34,38). The minimum Gasteiger partial charge on any atom is -0.496 e. The minimum atomic E-state index is -0.467. The smallest absolute Gasteiger partial charge is 0.223 e. The lowest BCUT2D eigenvalue weighted by Gasteiger charge is -2.38. The number of amides is 1. The van der Waals surface area contributed by atoms with Gasteiger partial charge in [-0.2, -0.15) is 4.37 Å². The van der Waals surface area contributed by atoms with Gasteiger partial charge in [-0.3, -0.25) is 4.79 Å². The molecule has 3 saturated carbocycles.